The number of hydrogen-bond donors (Lipinski definition) is 0. The van der Waals surface area contributed by atoms with E-state index in [2.05, 4.69) is 14.9 Å². The Bertz CT molecular complexity index is 1200. The van der Waals surface area contributed by atoms with Crippen molar-refractivity contribution in [1.82, 2.24) is 19.8 Å². The molecule has 0 N–H and O–H groups in total. The molecule has 5 rings (SSSR count). The first-order valence-corrected chi connectivity index (χ1v) is 10.9. The van der Waals surface area contributed by atoms with Crippen molar-refractivity contribution < 1.29 is 14.4 Å². The molecule has 1 fully saturated rings. The van der Waals surface area contributed by atoms with Gasteiger partial charge in [-0.1, -0.05) is 42.5 Å². The lowest BCUT2D eigenvalue weighted by molar-refractivity contribution is -0.131. The van der Waals surface area contributed by atoms with Crippen molar-refractivity contribution in [3.05, 3.63) is 77.6 Å². The summed E-state index contributed by atoms with van der Waals surface area (Å²) in [5.41, 5.74) is 2.60. The second kappa shape index (κ2) is 8.46. The highest BCUT2D eigenvalue weighted by molar-refractivity contribution is 6.22. The molecule has 8 nitrogen and oxygen atoms in total. The van der Waals surface area contributed by atoms with E-state index in [1.54, 1.807) is 29.2 Å². The second-order valence-electron chi connectivity index (χ2n) is 8.13. The maximum Gasteiger partial charge on any atom is 0.262 e. The number of aromatic nitrogens is 2. The van der Waals surface area contributed by atoms with Crippen LogP contribution in [-0.4, -0.2) is 70.2 Å². The fourth-order valence-electron chi connectivity index (χ4n) is 4.27. The third-order valence-corrected chi connectivity index (χ3v) is 6.02. The Hall–Kier alpha value is -4.07. The fraction of sp³-hybridized carbons (Fsp3) is 0.240. The molecule has 0 radical (unpaired) electrons. The number of piperazine rings is 1. The Morgan fingerprint density at radius 3 is 2.09 bits per heavy atom. The number of rotatable bonds is 4. The third kappa shape index (κ3) is 3.95. The van der Waals surface area contributed by atoms with E-state index in [0.29, 0.717) is 43.1 Å². The highest BCUT2D eigenvalue weighted by atomic mass is 16.2. The van der Waals surface area contributed by atoms with Crippen LogP contribution in [0.5, 0.6) is 0 Å². The highest BCUT2D eigenvalue weighted by Crippen LogP contribution is 2.24. The van der Waals surface area contributed by atoms with Crippen molar-refractivity contribution in [1.29, 1.82) is 0 Å². The molecule has 1 aromatic heterocycles. The van der Waals surface area contributed by atoms with Gasteiger partial charge in [0.2, 0.25) is 5.91 Å². The van der Waals surface area contributed by atoms with Crippen LogP contribution >= 0.6 is 0 Å². The minimum Gasteiger partial charge on any atom is -0.353 e. The van der Waals surface area contributed by atoms with E-state index in [4.69, 9.17) is 0 Å². The molecule has 2 aliphatic rings. The van der Waals surface area contributed by atoms with Gasteiger partial charge < -0.3 is 9.80 Å². The van der Waals surface area contributed by atoms with Crippen LogP contribution in [0, 0.1) is 6.92 Å². The van der Waals surface area contributed by atoms with Gasteiger partial charge >= 0.3 is 0 Å². The van der Waals surface area contributed by atoms with Crippen LogP contribution in [0.3, 0.4) is 0 Å². The van der Waals surface area contributed by atoms with Gasteiger partial charge in [0.25, 0.3) is 11.8 Å². The number of carbonyl (C=O) groups excluding carboxylic acids is 3. The Labute approximate surface area is 191 Å². The molecule has 1 saturated heterocycles. The molecule has 0 atom stereocenters. The molecule has 2 aliphatic heterocycles. The van der Waals surface area contributed by atoms with Crippen LogP contribution < -0.4 is 4.90 Å². The first kappa shape index (κ1) is 20.8. The molecule has 0 unspecified atom stereocenters. The van der Waals surface area contributed by atoms with E-state index in [1.807, 2.05) is 43.3 Å². The Morgan fingerprint density at radius 1 is 0.848 bits per heavy atom. The summed E-state index contributed by atoms with van der Waals surface area (Å²) in [5, 5.41) is 0. The van der Waals surface area contributed by atoms with Crippen molar-refractivity contribution in [2.75, 3.05) is 37.6 Å². The summed E-state index contributed by atoms with van der Waals surface area (Å²) in [4.78, 5) is 52.0. The number of nitrogens with zero attached hydrogens (tertiary/aromatic N) is 5. The van der Waals surface area contributed by atoms with E-state index in [0.717, 1.165) is 22.0 Å². The van der Waals surface area contributed by atoms with Gasteiger partial charge in [0, 0.05) is 37.8 Å². The van der Waals surface area contributed by atoms with Gasteiger partial charge in [0.1, 0.15) is 18.2 Å². The zero-order chi connectivity index (χ0) is 22.9. The number of carbonyl (C=O) groups is 3. The molecule has 166 valence electrons. The quantitative estimate of drug-likeness (QED) is 0.578. The summed E-state index contributed by atoms with van der Waals surface area (Å²) in [6.07, 6.45) is 0. The number of hydrogen-bond acceptors (Lipinski definition) is 6. The Morgan fingerprint density at radius 2 is 1.45 bits per heavy atom. The number of anilines is 1. The number of imide groups is 1. The molecule has 3 amide bonds. The lowest BCUT2D eigenvalue weighted by atomic mass is 10.1. The fourth-order valence-corrected chi connectivity index (χ4v) is 4.27. The average molecular weight is 441 g/mol. The molecule has 8 heteroatoms. The van der Waals surface area contributed by atoms with Crippen LogP contribution in [-0.2, 0) is 4.79 Å². The van der Waals surface area contributed by atoms with Gasteiger partial charge in [-0.15, -0.1) is 0 Å². The molecule has 0 spiro atoms. The predicted molar refractivity (Wildman–Crippen MR) is 123 cm³/mol. The standard InChI is InChI=1S/C25H23N5O3/c1-17-26-21(18-7-3-2-4-8-18)15-22(27-17)28-11-13-29(14-12-28)23(31)16-30-24(32)19-9-5-6-10-20(19)25(30)33/h2-10,15H,11-14,16H2,1H3. The Kier molecular flexibility index (Phi) is 5.34. The zero-order valence-corrected chi connectivity index (χ0v) is 18.3. The van der Waals surface area contributed by atoms with Gasteiger partial charge in [-0.25, -0.2) is 9.97 Å². The molecule has 2 aromatic carbocycles. The number of amides is 3. The number of aryl methyl sites for hydroxylation is 1. The van der Waals surface area contributed by atoms with Gasteiger partial charge in [-0.05, 0) is 19.1 Å². The van der Waals surface area contributed by atoms with E-state index < -0.39 is 11.8 Å². The summed E-state index contributed by atoms with van der Waals surface area (Å²) in [6.45, 7) is 3.84. The lowest BCUT2D eigenvalue weighted by Crippen LogP contribution is -2.52. The number of fused-ring (bicyclic) bond motifs is 1. The van der Waals surface area contributed by atoms with Crippen molar-refractivity contribution in [2.45, 2.75) is 6.92 Å². The first-order chi connectivity index (χ1) is 16.0. The maximum atomic E-state index is 12.9. The Balaban J connectivity index is 1.24. The summed E-state index contributed by atoms with van der Waals surface area (Å²) in [5.74, 6) is 0.470. The van der Waals surface area contributed by atoms with E-state index in [1.165, 1.54) is 0 Å². The zero-order valence-electron chi connectivity index (χ0n) is 18.3. The summed E-state index contributed by atoms with van der Waals surface area (Å²) in [6, 6.07) is 18.6. The molecule has 0 bridgehead atoms. The average Bonchev–Trinajstić information content (AvgIpc) is 3.09. The topological polar surface area (TPSA) is 86.7 Å². The minimum atomic E-state index is -0.410. The van der Waals surface area contributed by atoms with Crippen LogP contribution in [0.2, 0.25) is 0 Å². The molecule has 0 aliphatic carbocycles. The SMILES string of the molecule is Cc1nc(-c2ccccc2)cc(N2CCN(C(=O)CN3C(=O)c4ccccc4C3=O)CC2)n1. The van der Waals surface area contributed by atoms with Gasteiger partial charge in [0.05, 0.1) is 16.8 Å². The molecule has 3 aromatic rings. The van der Waals surface area contributed by atoms with E-state index >= 15 is 0 Å². The molecule has 33 heavy (non-hydrogen) atoms. The molecule has 0 saturated carbocycles. The molecular formula is C25H23N5O3. The van der Waals surface area contributed by atoms with Gasteiger partial charge in [-0.2, -0.15) is 0 Å². The maximum absolute atomic E-state index is 12.9. The first-order valence-electron chi connectivity index (χ1n) is 10.9. The van der Waals surface area contributed by atoms with Crippen molar-refractivity contribution in [3.8, 4) is 11.3 Å². The number of benzene rings is 2. The van der Waals surface area contributed by atoms with Crippen molar-refractivity contribution in [2.24, 2.45) is 0 Å². The third-order valence-electron chi connectivity index (χ3n) is 6.02. The lowest BCUT2D eigenvalue weighted by Gasteiger charge is -2.36. The summed E-state index contributed by atoms with van der Waals surface area (Å²) < 4.78 is 0. The predicted octanol–water partition coefficient (Wildman–Crippen LogP) is 2.40. The summed E-state index contributed by atoms with van der Waals surface area (Å²) in [7, 11) is 0. The molecule has 3 heterocycles. The van der Waals surface area contributed by atoms with Gasteiger partial charge in [-0.3, -0.25) is 19.3 Å². The van der Waals surface area contributed by atoms with Crippen LogP contribution in [0.15, 0.2) is 60.7 Å². The molecular weight excluding hydrogens is 418 g/mol. The largest absolute Gasteiger partial charge is 0.353 e. The highest BCUT2D eigenvalue weighted by Gasteiger charge is 2.37. The van der Waals surface area contributed by atoms with Crippen LogP contribution in [0.25, 0.3) is 11.3 Å². The monoisotopic (exact) mass is 441 g/mol. The smallest absolute Gasteiger partial charge is 0.262 e. The van der Waals surface area contributed by atoms with E-state index in [9.17, 15) is 14.4 Å². The second-order valence-corrected chi connectivity index (χ2v) is 8.13. The van der Waals surface area contributed by atoms with Crippen molar-refractivity contribution >= 4 is 23.5 Å². The normalized spacial score (nSPS) is 15.7. The van der Waals surface area contributed by atoms with Crippen LogP contribution in [0.1, 0.15) is 26.5 Å². The van der Waals surface area contributed by atoms with E-state index in [-0.39, 0.29) is 12.5 Å². The van der Waals surface area contributed by atoms with Gasteiger partial charge in [0.15, 0.2) is 0 Å². The van der Waals surface area contributed by atoms with Crippen molar-refractivity contribution in [3.63, 3.8) is 0 Å². The minimum absolute atomic E-state index is 0.229. The van der Waals surface area contributed by atoms with Crippen LogP contribution in [0.4, 0.5) is 5.82 Å². The summed E-state index contributed by atoms with van der Waals surface area (Å²) >= 11 is 0.